The molecule has 3 heteroatoms. The number of hydrogen-bond acceptors (Lipinski definition) is 2. The van der Waals surface area contributed by atoms with Crippen LogP contribution in [0.2, 0.25) is 0 Å². The number of amides is 1. The second-order valence-electron chi connectivity index (χ2n) is 1.79. The number of hydrogen-bond donors (Lipinski definition) is 0. The summed E-state index contributed by atoms with van der Waals surface area (Å²) in [5.74, 6) is 0.177. The normalized spacial score (nSPS) is 18.2. The highest BCUT2D eigenvalue weighted by Gasteiger charge is 2.07. The van der Waals surface area contributed by atoms with E-state index in [2.05, 4.69) is 16.4 Å². The topological polar surface area (TPSA) is 43.5 Å². The number of aliphatic imine (C=N–C) groups is 1. The molecule has 1 amide bonds. The summed E-state index contributed by atoms with van der Waals surface area (Å²) in [6, 6.07) is 0. The van der Waals surface area contributed by atoms with Crippen molar-refractivity contribution >= 4 is 11.7 Å². The zero-order valence-corrected chi connectivity index (χ0v) is 5.30. The lowest BCUT2D eigenvalue weighted by Crippen LogP contribution is -2.22. The van der Waals surface area contributed by atoms with Gasteiger partial charge < -0.3 is 0 Å². The largest absolute Gasteiger partial charge is 0.281 e. The summed E-state index contributed by atoms with van der Waals surface area (Å²) in [4.78, 5) is 14.4. The first kappa shape index (κ1) is 6.01. The van der Waals surface area contributed by atoms with E-state index < -0.39 is 0 Å². The third-order valence-electron chi connectivity index (χ3n) is 0.881. The van der Waals surface area contributed by atoms with Crippen LogP contribution in [-0.4, -0.2) is 11.7 Å². The Labute approximate surface area is 53.5 Å². The fourth-order valence-corrected chi connectivity index (χ4v) is 0.625. The van der Waals surface area contributed by atoms with Gasteiger partial charge in [-0.1, -0.05) is 0 Å². The molecule has 0 fully saturated rings. The first-order chi connectivity index (χ1) is 4.18. The Balaban J connectivity index is 2.86. The Bertz CT molecular complexity index is 203. The van der Waals surface area contributed by atoms with Crippen molar-refractivity contribution in [2.75, 3.05) is 0 Å². The molecule has 46 valence electrons. The molecule has 1 aliphatic rings. The fourth-order valence-electron chi connectivity index (χ4n) is 0.625. The zero-order valence-electron chi connectivity index (χ0n) is 5.30. The van der Waals surface area contributed by atoms with Gasteiger partial charge in [0.2, 0.25) is 0 Å². The molecule has 0 aliphatic carbocycles. The lowest BCUT2D eigenvalue weighted by Gasteiger charge is -2.02. The van der Waals surface area contributed by atoms with Gasteiger partial charge in [0, 0.05) is 0 Å². The molecule has 0 aromatic carbocycles. The van der Waals surface area contributed by atoms with Gasteiger partial charge in [-0.3, -0.25) is 4.79 Å². The van der Waals surface area contributed by atoms with Crippen molar-refractivity contribution in [3.63, 3.8) is 0 Å². The zero-order chi connectivity index (χ0) is 6.85. The minimum Gasteiger partial charge on any atom is -0.267 e. The van der Waals surface area contributed by atoms with E-state index >= 15 is 0 Å². The second kappa shape index (κ2) is 2.01. The van der Waals surface area contributed by atoms with Crippen molar-refractivity contribution in [3.05, 3.63) is 11.8 Å². The molecule has 0 spiro atoms. The van der Waals surface area contributed by atoms with Gasteiger partial charge >= 0.3 is 0 Å². The van der Waals surface area contributed by atoms with Gasteiger partial charge in [-0.25, -0.2) is 4.99 Å². The highest BCUT2D eigenvalue weighted by Crippen LogP contribution is 1.98. The van der Waals surface area contributed by atoms with Gasteiger partial charge in [0.1, 0.15) is 5.84 Å². The Kier molecular flexibility index (Phi) is 1.34. The van der Waals surface area contributed by atoms with Crippen molar-refractivity contribution < 1.29 is 4.79 Å². The van der Waals surface area contributed by atoms with E-state index in [0.29, 0.717) is 11.5 Å². The van der Waals surface area contributed by atoms with Gasteiger partial charge in [0.05, 0.1) is 11.8 Å². The molecule has 0 saturated carbocycles. The van der Waals surface area contributed by atoms with Gasteiger partial charge in [-0.05, 0) is 13.8 Å². The first-order valence-corrected chi connectivity index (χ1v) is 2.60. The molecule has 0 saturated heterocycles. The van der Waals surface area contributed by atoms with Crippen molar-refractivity contribution in [3.8, 4) is 0 Å². The Morgan fingerprint density at radius 2 is 2.11 bits per heavy atom. The number of carbonyl (C=O) groups is 1. The quantitative estimate of drug-likeness (QED) is 0.454. The highest BCUT2D eigenvalue weighted by molar-refractivity contribution is 6.02. The van der Waals surface area contributed by atoms with E-state index in [1.807, 2.05) is 0 Å². The summed E-state index contributed by atoms with van der Waals surface area (Å²) >= 11 is 0. The Morgan fingerprint density at radius 1 is 1.44 bits per heavy atom. The third-order valence-corrected chi connectivity index (χ3v) is 0.881. The maximum Gasteiger partial charge on any atom is 0.281 e. The van der Waals surface area contributed by atoms with Crippen LogP contribution < -0.4 is 5.32 Å². The van der Waals surface area contributed by atoms with Crippen LogP contribution in [0.5, 0.6) is 0 Å². The van der Waals surface area contributed by atoms with Gasteiger partial charge in [-0.15, -0.1) is 0 Å². The fraction of sp³-hybridized carbons (Fsp3) is 0.333. The van der Waals surface area contributed by atoms with E-state index in [-0.39, 0.29) is 5.91 Å². The van der Waals surface area contributed by atoms with Crippen LogP contribution >= 0.6 is 0 Å². The van der Waals surface area contributed by atoms with Crippen molar-refractivity contribution in [1.29, 1.82) is 0 Å². The standard InChI is InChI=1S/C6H6N2O/c1-4-3-6(9)8-5(2)7-4/h1-2H3. The number of nitrogens with zero attached hydrogens (tertiary/aromatic N) is 2. The average Bonchev–Trinajstić information content (AvgIpc) is 1.59. The molecule has 1 heterocycles. The summed E-state index contributed by atoms with van der Waals surface area (Å²) in [6.07, 6.45) is 2.43. The summed E-state index contributed by atoms with van der Waals surface area (Å²) in [5.41, 5.74) is 0.604. The predicted molar refractivity (Wildman–Crippen MR) is 32.7 cm³/mol. The number of allylic oxidation sites excluding steroid dienone is 1. The molecule has 0 aromatic rings. The molecule has 0 unspecified atom stereocenters. The summed E-state index contributed by atoms with van der Waals surface area (Å²) in [5, 5.41) is 3.51. The van der Waals surface area contributed by atoms with Crippen LogP contribution in [0.3, 0.4) is 0 Å². The minimum atomic E-state index is -0.333. The molecule has 0 aromatic heterocycles. The van der Waals surface area contributed by atoms with Crippen LogP contribution in [0.25, 0.3) is 0 Å². The molecule has 1 aliphatic heterocycles. The van der Waals surface area contributed by atoms with Crippen LogP contribution in [0.15, 0.2) is 10.7 Å². The van der Waals surface area contributed by atoms with Crippen LogP contribution in [0.1, 0.15) is 13.8 Å². The smallest absolute Gasteiger partial charge is 0.267 e. The molecule has 3 nitrogen and oxygen atoms in total. The molecular weight excluding hydrogens is 116 g/mol. The third kappa shape index (κ3) is 1.38. The maximum atomic E-state index is 10.5. The van der Waals surface area contributed by atoms with E-state index in [1.165, 1.54) is 0 Å². The van der Waals surface area contributed by atoms with Gasteiger partial charge in [0.15, 0.2) is 0 Å². The molecule has 0 bridgehead atoms. The Morgan fingerprint density at radius 3 is 2.56 bits per heavy atom. The van der Waals surface area contributed by atoms with Gasteiger partial charge in [0.25, 0.3) is 5.91 Å². The first-order valence-electron chi connectivity index (χ1n) is 2.60. The van der Waals surface area contributed by atoms with E-state index in [4.69, 9.17) is 0 Å². The van der Waals surface area contributed by atoms with Crippen molar-refractivity contribution in [1.82, 2.24) is 5.32 Å². The molecule has 0 atom stereocenters. The van der Waals surface area contributed by atoms with Crippen molar-refractivity contribution in [2.45, 2.75) is 13.8 Å². The van der Waals surface area contributed by atoms with Gasteiger partial charge in [-0.2, -0.15) is 5.32 Å². The highest BCUT2D eigenvalue weighted by atomic mass is 16.1. The van der Waals surface area contributed by atoms with E-state index in [1.54, 1.807) is 13.8 Å². The molecule has 0 N–H and O–H groups in total. The van der Waals surface area contributed by atoms with Crippen LogP contribution in [0.4, 0.5) is 0 Å². The van der Waals surface area contributed by atoms with E-state index in [0.717, 1.165) is 0 Å². The molecule has 9 heavy (non-hydrogen) atoms. The number of rotatable bonds is 0. The second-order valence-corrected chi connectivity index (χ2v) is 1.79. The predicted octanol–water partition coefficient (Wildman–Crippen LogP) is 0.256. The molecule has 2 radical (unpaired) electrons. The Hall–Kier alpha value is -1.12. The summed E-state index contributed by atoms with van der Waals surface area (Å²) in [6.45, 7) is 3.40. The van der Waals surface area contributed by atoms with Crippen LogP contribution in [-0.2, 0) is 4.79 Å². The molecular formula is C6H6N2O. The van der Waals surface area contributed by atoms with E-state index in [9.17, 15) is 4.79 Å². The van der Waals surface area contributed by atoms with Crippen molar-refractivity contribution in [2.24, 2.45) is 4.99 Å². The summed E-state index contributed by atoms with van der Waals surface area (Å²) < 4.78 is 0. The average molecular weight is 122 g/mol. The monoisotopic (exact) mass is 122 g/mol. The maximum absolute atomic E-state index is 10.5. The number of carbonyl (C=O) groups excluding carboxylic acids is 1. The minimum absolute atomic E-state index is 0.333. The summed E-state index contributed by atoms with van der Waals surface area (Å²) in [7, 11) is 0. The number of amidine groups is 1. The SMILES string of the molecule is CC1=[C]C(=O)[N]C(C)=N1. The lowest BCUT2D eigenvalue weighted by molar-refractivity contribution is -0.116. The molecule has 1 rings (SSSR count). The van der Waals surface area contributed by atoms with Crippen LogP contribution in [0, 0.1) is 6.08 Å². The lowest BCUT2D eigenvalue weighted by atomic mass is 10.3.